The van der Waals surface area contributed by atoms with E-state index in [-0.39, 0.29) is 23.4 Å². The maximum absolute atomic E-state index is 12.7. The van der Waals surface area contributed by atoms with Crippen molar-refractivity contribution in [2.75, 3.05) is 0 Å². The zero-order chi connectivity index (χ0) is 19.2. The molecule has 3 rings (SSSR count). The molecule has 1 aliphatic rings. The van der Waals surface area contributed by atoms with Crippen LogP contribution < -0.4 is 5.43 Å². The van der Waals surface area contributed by atoms with E-state index in [0.29, 0.717) is 6.42 Å². The summed E-state index contributed by atoms with van der Waals surface area (Å²) in [5, 5.41) is 14.9. The smallest absolute Gasteiger partial charge is 0.269 e. The number of nitrogens with one attached hydrogen (secondary N) is 1. The van der Waals surface area contributed by atoms with E-state index in [1.54, 1.807) is 36.8 Å². The zero-order valence-corrected chi connectivity index (χ0v) is 14.9. The minimum atomic E-state index is -0.423. The number of nitrogens with zero attached hydrogens (tertiary/aromatic N) is 3. The average Bonchev–Trinajstić information content (AvgIpc) is 2.68. The van der Waals surface area contributed by atoms with E-state index in [9.17, 15) is 14.9 Å². The van der Waals surface area contributed by atoms with Gasteiger partial charge in [-0.25, -0.2) is 5.43 Å². The average molecular weight is 364 g/mol. The van der Waals surface area contributed by atoms with Gasteiger partial charge >= 0.3 is 0 Å². The summed E-state index contributed by atoms with van der Waals surface area (Å²) in [6.45, 7) is 2.03. The third-order valence-electron chi connectivity index (χ3n) is 4.69. The number of carbonyl (C=O) groups excluding carboxylic acids is 1. The topological polar surface area (TPSA) is 97.5 Å². The first kappa shape index (κ1) is 18.4. The van der Waals surface area contributed by atoms with Crippen LogP contribution in [0.2, 0.25) is 0 Å². The lowest BCUT2D eigenvalue weighted by Crippen LogP contribution is -2.33. The minimum Gasteiger partial charge on any atom is -0.273 e. The molecule has 2 atom stereocenters. The Bertz CT molecular complexity index is 876. The summed E-state index contributed by atoms with van der Waals surface area (Å²) in [6, 6.07) is 10.1. The van der Waals surface area contributed by atoms with E-state index in [1.807, 2.05) is 13.0 Å². The maximum Gasteiger partial charge on any atom is 0.269 e. The number of hydrogen-bond donors (Lipinski definition) is 1. The molecule has 1 aromatic carbocycles. The molecule has 138 valence electrons. The van der Waals surface area contributed by atoms with Gasteiger partial charge in [0, 0.05) is 30.1 Å². The molecule has 1 heterocycles. The molecule has 0 radical (unpaired) electrons. The molecule has 27 heavy (non-hydrogen) atoms. The fourth-order valence-electron chi connectivity index (χ4n) is 3.25. The van der Waals surface area contributed by atoms with Crippen LogP contribution in [0.3, 0.4) is 0 Å². The summed E-state index contributed by atoms with van der Waals surface area (Å²) in [5.41, 5.74) is 5.58. The Morgan fingerprint density at radius 2 is 2.11 bits per heavy atom. The largest absolute Gasteiger partial charge is 0.273 e. The van der Waals surface area contributed by atoms with Gasteiger partial charge in [-0.2, -0.15) is 5.10 Å². The highest BCUT2D eigenvalue weighted by Crippen LogP contribution is 2.38. The van der Waals surface area contributed by atoms with Gasteiger partial charge in [0.1, 0.15) is 0 Å². The molecule has 0 bridgehead atoms. The number of pyridine rings is 1. The molecule has 7 heteroatoms. The molecule has 0 fully saturated rings. The molecule has 2 aromatic rings. The zero-order valence-electron chi connectivity index (χ0n) is 14.9. The van der Waals surface area contributed by atoms with E-state index < -0.39 is 4.92 Å². The van der Waals surface area contributed by atoms with Crippen LogP contribution in [-0.4, -0.2) is 22.0 Å². The number of allylic oxidation sites excluding steroid dienone is 2. The number of hydrogen-bond acceptors (Lipinski definition) is 5. The van der Waals surface area contributed by atoms with Gasteiger partial charge in [-0.3, -0.25) is 19.9 Å². The van der Waals surface area contributed by atoms with Crippen molar-refractivity contribution in [2.45, 2.75) is 25.7 Å². The molecule has 0 spiro atoms. The summed E-state index contributed by atoms with van der Waals surface area (Å²) in [7, 11) is 0. The van der Waals surface area contributed by atoms with E-state index in [1.165, 1.54) is 17.7 Å². The second kappa shape index (κ2) is 8.35. The Labute approximate surface area is 157 Å². The molecule has 1 aliphatic carbocycles. The van der Waals surface area contributed by atoms with Crippen LogP contribution in [0.15, 0.2) is 65.5 Å². The lowest BCUT2D eigenvalue weighted by atomic mass is 9.75. The van der Waals surface area contributed by atoms with Gasteiger partial charge in [0.25, 0.3) is 5.69 Å². The number of benzene rings is 1. The molecule has 0 aliphatic heterocycles. The quantitative estimate of drug-likeness (QED) is 0.379. The standard InChI is InChI=1S/C20H20N4O3/c1-14-4-9-18(20(25)23-22-13-15-3-2-10-21-12-15)19(11-14)16-5-7-17(8-6-16)24(26)27/h2-8,10,12-13,18-19H,9,11H2,1H3,(H,23,25). The Morgan fingerprint density at radius 1 is 1.33 bits per heavy atom. The predicted octanol–water partition coefficient (Wildman–Crippen LogP) is 3.58. The predicted molar refractivity (Wildman–Crippen MR) is 102 cm³/mol. The summed E-state index contributed by atoms with van der Waals surface area (Å²) in [4.78, 5) is 27.1. The molecular formula is C20H20N4O3. The Kier molecular flexibility index (Phi) is 5.71. The van der Waals surface area contributed by atoms with Crippen LogP contribution in [0.25, 0.3) is 0 Å². The van der Waals surface area contributed by atoms with Crippen LogP contribution in [0, 0.1) is 16.0 Å². The van der Waals surface area contributed by atoms with E-state index in [4.69, 9.17) is 0 Å². The normalized spacial score (nSPS) is 19.5. The van der Waals surface area contributed by atoms with Crippen molar-refractivity contribution in [2.24, 2.45) is 11.0 Å². The second-order valence-electron chi connectivity index (χ2n) is 6.57. The van der Waals surface area contributed by atoms with Crippen LogP contribution >= 0.6 is 0 Å². The molecule has 7 nitrogen and oxygen atoms in total. The van der Waals surface area contributed by atoms with Crippen molar-refractivity contribution in [1.82, 2.24) is 10.4 Å². The van der Waals surface area contributed by atoms with Crippen LogP contribution in [0.5, 0.6) is 0 Å². The molecule has 1 N–H and O–H groups in total. The molecular weight excluding hydrogens is 344 g/mol. The van der Waals surface area contributed by atoms with Gasteiger partial charge in [0.15, 0.2) is 0 Å². The summed E-state index contributed by atoms with van der Waals surface area (Å²) >= 11 is 0. The van der Waals surface area contributed by atoms with Crippen LogP contribution in [0.1, 0.15) is 36.8 Å². The highest BCUT2D eigenvalue weighted by molar-refractivity contribution is 5.83. The van der Waals surface area contributed by atoms with Gasteiger partial charge in [-0.1, -0.05) is 29.8 Å². The summed E-state index contributed by atoms with van der Waals surface area (Å²) in [6.07, 6.45) is 8.29. The first-order valence-electron chi connectivity index (χ1n) is 8.67. The number of amides is 1. The lowest BCUT2D eigenvalue weighted by molar-refractivity contribution is -0.384. The van der Waals surface area contributed by atoms with Crippen molar-refractivity contribution >= 4 is 17.8 Å². The third-order valence-corrected chi connectivity index (χ3v) is 4.69. The summed E-state index contributed by atoms with van der Waals surface area (Å²) < 4.78 is 0. The van der Waals surface area contributed by atoms with E-state index in [0.717, 1.165) is 17.5 Å². The van der Waals surface area contributed by atoms with Crippen molar-refractivity contribution in [3.05, 3.63) is 81.7 Å². The number of hydrazone groups is 1. The van der Waals surface area contributed by atoms with Crippen molar-refractivity contribution in [3.63, 3.8) is 0 Å². The number of rotatable bonds is 5. The van der Waals surface area contributed by atoms with Crippen LogP contribution in [-0.2, 0) is 4.79 Å². The number of nitro benzene ring substituents is 1. The Hall–Kier alpha value is -3.35. The Balaban J connectivity index is 1.74. The van der Waals surface area contributed by atoms with E-state index in [2.05, 4.69) is 21.6 Å². The van der Waals surface area contributed by atoms with Crippen molar-refractivity contribution in [1.29, 1.82) is 0 Å². The monoisotopic (exact) mass is 364 g/mol. The molecule has 0 saturated carbocycles. The van der Waals surface area contributed by atoms with Gasteiger partial charge in [-0.15, -0.1) is 0 Å². The highest BCUT2D eigenvalue weighted by Gasteiger charge is 2.31. The Morgan fingerprint density at radius 3 is 2.78 bits per heavy atom. The minimum absolute atomic E-state index is 0.0376. The first-order valence-corrected chi connectivity index (χ1v) is 8.67. The van der Waals surface area contributed by atoms with Gasteiger partial charge < -0.3 is 0 Å². The van der Waals surface area contributed by atoms with Crippen molar-refractivity contribution < 1.29 is 9.72 Å². The molecule has 1 amide bonds. The SMILES string of the molecule is CC1=CCC(C(=O)NN=Cc2cccnc2)C(c2ccc([N+](=O)[O-])cc2)C1. The second-order valence-corrected chi connectivity index (χ2v) is 6.57. The first-order chi connectivity index (χ1) is 13.0. The van der Waals surface area contributed by atoms with Crippen molar-refractivity contribution in [3.8, 4) is 0 Å². The van der Waals surface area contributed by atoms with Gasteiger partial charge in [0.2, 0.25) is 5.91 Å². The number of nitro groups is 1. The fraction of sp³-hybridized carbons (Fsp3) is 0.250. The summed E-state index contributed by atoms with van der Waals surface area (Å²) in [5.74, 6) is -0.479. The third kappa shape index (κ3) is 4.63. The molecule has 0 saturated heterocycles. The number of aromatic nitrogens is 1. The van der Waals surface area contributed by atoms with Gasteiger partial charge in [0.05, 0.1) is 17.1 Å². The lowest BCUT2D eigenvalue weighted by Gasteiger charge is -2.29. The van der Waals surface area contributed by atoms with Crippen LogP contribution in [0.4, 0.5) is 5.69 Å². The maximum atomic E-state index is 12.7. The highest BCUT2D eigenvalue weighted by atomic mass is 16.6. The fourth-order valence-corrected chi connectivity index (χ4v) is 3.25. The van der Waals surface area contributed by atoms with Gasteiger partial charge in [-0.05, 0) is 37.3 Å². The number of carbonyl (C=O) groups is 1. The molecule has 1 aromatic heterocycles. The number of non-ortho nitro benzene ring substituents is 1. The van der Waals surface area contributed by atoms with E-state index >= 15 is 0 Å². The molecule has 2 unspecified atom stereocenters.